The lowest BCUT2D eigenvalue weighted by Crippen LogP contribution is -2.45. The van der Waals surface area contributed by atoms with Crippen LogP contribution in [-0.2, 0) is 11.2 Å². The molecule has 2 fully saturated rings. The number of halogens is 4. The minimum Gasteiger partial charge on any atom is -0.491 e. The van der Waals surface area contributed by atoms with Crippen LogP contribution in [-0.4, -0.2) is 60.7 Å². The number of ether oxygens (including phenoxy) is 1. The molecule has 0 aliphatic carbocycles. The van der Waals surface area contributed by atoms with E-state index in [2.05, 4.69) is 33.0 Å². The van der Waals surface area contributed by atoms with Crippen molar-refractivity contribution in [1.29, 1.82) is 0 Å². The Morgan fingerprint density at radius 1 is 1.09 bits per heavy atom. The molecule has 8 heteroatoms. The second kappa shape index (κ2) is 11.2. The van der Waals surface area contributed by atoms with Crippen LogP contribution in [0.25, 0.3) is 0 Å². The fraction of sp³-hybridized carbons (Fsp3) is 0.708. The second-order valence-electron chi connectivity index (χ2n) is 9.43. The molecule has 180 valence electrons. The average molecular weight is 519 g/mol. The molecule has 0 saturated carbocycles. The molecular formula is C24H34BrF3N2O2. The summed E-state index contributed by atoms with van der Waals surface area (Å²) in [6.07, 6.45) is 1.08. The minimum absolute atomic E-state index is 0.157. The lowest BCUT2D eigenvalue weighted by atomic mass is 9.89. The molecule has 0 radical (unpaired) electrons. The first-order valence-electron chi connectivity index (χ1n) is 11.7. The van der Waals surface area contributed by atoms with E-state index in [0.717, 1.165) is 60.4 Å². The van der Waals surface area contributed by atoms with Gasteiger partial charge in [0.05, 0.1) is 6.10 Å². The van der Waals surface area contributed by atoms with E-state index in [0.29, 0.717) is 24.7 Å². The van der Waals surface area contributed by atoms with Crippen molar-refractivity contribution < 1.29 is 22.7 Å². The Morgan fingerprint density at radius 3 is 2.31 bits per heavy atom. The Balaban J connectivity index is 1.38. The van der Waals surface area contributed by atoms with Gasteiger partial charge < -0.3 is 14.5 Å². The first-order valence-corrected chi connectivity index (χ1v) is 12.4. The number of carbonyl (C=O) groups excluding carboxylic acids is 1. The molecule has 1 aromatic carbocycles. The summed E-state index contributed by atoms with van der Waals surface area (Å²) in [5.41, 5.74) is 1.29. The van der Waals surface area contributed by atoms with Gasteiger partial charge in [0.15, 0.2) is 0 Å². The number of alkyl halides is 3. The maximum absolute atomic E-state index is 12.6. The number of hydrogen-bond donors (Lipinski definition) is 0. The highest BCUT2D eigenvalue weighted by Gasteiger charge is 2.43. The Hall–Kier alpha value is -1.28. The smallest absolute Gasteiger partial charge is 0.471 e. The molecule has 2 aliphatic heterocycles. The molecule has 0 N–H and O–H groups in total. The molecule has 2 saturated heterocycles. The van der Waals surface area contributed by atoms with Crippen molar-refractivity contribution in [2.45, 2.75) is 64.7 Å². The van der Waals surface area contributed by atoms with Crippen molar-refractivity contribution in [3.63, 3.8) is 0 Å². The third-order valence-electron chi connectivity index (χ3n) is 6.60. The lowest BCUT2D eigenvalue weighted by Gasteiger charge is -2.35. The number of benzene rings is 1. The van der Waals surface area contributed by atoms with Crippen LogP contribution in [0.4, 0.5) is 13.2 Å². The Kier molecular flexibility index (Phi) is 8.90. The molecule has 0 atom stereocenters. The number of likely N-dealkylation sites (tertiary alicyclic amines) is 2. The quantitative estimate of drug-likeness (QED) is 0.465. The van der Waals surface area contributed by atoms with E-state index in [-0.39, 0.29) is 19.2 Å². The zero-order valence-electron chi connectivity index (χ0n) is 19.0. The fourth-order valence-corrected chi connectivity index (χ4v) is 5.16. The Bertz CT molecular complexity index is 756. The molecule has 3 rings (SSSR count). The molecule has 32 heavy (non-hydrogen) atoms. The van der Waals surface area contributed by atoms with Gasteiger partial charge >= 0.3 is 12.1 Å². The molecule has 1 aromatic rings. The predicted molar refractivity (Wildman–Crippen MR) is 123 cm³/mol. The maximum Gasteiger partial charge on any atom is 0.471 e. The van der Waals surface area contributed by atoms with Gasteiger partial charge in [0.1, 0.15) is 5.75 Å². The Morgan fingerprint density at radius 2 is 1.72 bits per heavy atom. The second-order valence-corrected chi connectivity index (χ2v) is 10.3. The van der Waals surface area contributed by atoms with Gasteiger partial charge in [-0.25, -0.2) is 0 Å². The molecule has 0 aromatic heterocycles. The van der Waals surface area contributed by atoms with Crippen molar-refractivity contribution in [3.05, 3.63) is 28.2 Å². The summed E-state index contributed by atoms with van der Waals surface area (Å²) in [5, 5.41) is 0. The summed E-state index contributed by atoms with van der Waals surface area (Å²) < 4.78 is 44.7. The van der Waals surface area contributed by atoms with Crippen molar-refractivity contribution in [1.82, 2.24) is 9.80 Å². The SMILES string of the molecule is CC(C)Oc1ccc(Br)c(CC2CCN(CCC3CCN(C(=O)C(F)(F)F)CC3)CC2)c1. The van der Waals surface area contributed by atoms with Gasteiger partial charge in [-0.05, 0) is 108 Å². The third kappa shape index (κ3) is 7.37. The summed E-state index contributed by atoms with van der Waals surface area (Å²) in [5.74, 6) is 0.280. The zero-order chi connectivity index (χ0) is 23.3. The monoisotopic (exact) mass is 518 g/mol. The van der Waals surface area contributed by atoms with Crippen LogP contribution < -0.4 is 4.74 Å². The van der Waals surface area contributed by atoms with Gasteiger partial charge in [-0.3, -0.25) is 4.79 Å². The molecule has 2 aliphatic rings. The number of rotatable bonds is 7. The maximum atomic E-state index is 12.6. The summed E-state index contributed by atoms with van der Waals surface area (Å²) >= 11 is 3.68. The predicted octanol–water partition coefficient (Wildman–Crippen LogP) is 5.68. The topological polar surface area (TPSA) is 32.8 Å². The van der Waals surface area contributed by atoms with Gasteiger partial charge in [-0.15, -0.1) is 0 Å². The summed E-state index contributed by atoms with van der Waals surface area (Å²) in [6.45, 7) is 7.63. The first-order chi connectivity index (χ1) is 15.1. The molecule has 2 heterocycles. The van der Waals surface area contributed by atoms with Crippen LogP contribution in [0, 0.1) is 11.8 Å². The van der Waals surface area contributed by atoms with Crippen molar-refractivity contribution in [3.8, 4) is 5.75 Å². The van der Waals surface area contributed by atoms with Crippen molar-refractivity contribution in [2.24, 2.45) is 11.8 Å². The number of nitrogens with zero attached hydrogens (tertiary/aromatic N) is 2. The largest absolute Gasteiger partial charge is 0.491 e. The zero-order valence-corrected chi connectivity index (χ0v) is 20.6. The van der Waals surface area contributed by atoms with Crippen LogP contribution in [0.5, 0.6) is 5.75 Å². The minimum atomic E-state index is -4.75. The molecule has 1 amide bonds. The van der Waals surface area contributed by atoms with E-state index in [1.165, 1.54) is 5.56 Å². The lowest BCUT2D eigenvalue weighted by molar-refractivity contribution is -0.186. The van der Waals surface area contributed by atoms with E-state index >= 15 is 0 Å². The highest BCUT2D eigenvalue weighted by molar-refractivity contribution is 9.10. The molecular weight excluding hydrogens is 485 g/mol. The van der Waals surface area contributed by atoms with Crippen LogP contribution in [0.2, 0.25) is 0 Å². The molecule has 0 bridgehead atoms. The van der Waals surface area contributed by atoms with E-state index in [1.54, 1.807) is 0 Å². The van der Waals surface area contributed by atoms with E-state index < -0.39 is 12.1 Å². The first kappa shape index (κ1) is 25.3. The summed E-state index contributed by atoms with van der Waals surface area (Å²) in [6, 6.07) is 6.21. The van der Waals surface area contributed by atoms with Gasteiger partial charge in [0.2, 0.25) is 0 Å². The number of piperidine rings is 2. The van der Waals surface area contributed by atoms with Crippen molar-refractivity contribution >= 4 is 21.8 Å². The Labute approximate surface area is 197 Å². The highest BCUT2D eigenvalue weighted by atomic mass is 79.9. The van der Waals surface area contributed by atoms with Gasteiger partial charge in [0, 0.05) is 17.6 Å². The molecule has 0 unspecified atom stereocenters. The van der Waals surface area contributed by atoms with Crippen LogP contribution in [0.1, 0.15) is 51.5 Å². The normalized spacial score (nSPS) is 19.5. The standard InChI is InChI=1S/C24H34BrF3N2O2/c1-17(2)32-21-3-4-22(25)20(16-21)15-19-6-11-29(12-7-19)10-5-18-8-13-30(14-9-18)23(31)24(26,27)28/h3-4,16-19H,5-15H2,1-2H3. The third-order valence-corrected chi connectivity index (χ3v) is 7.38. The van der Waals surface area contributed by atoms with E-state index in [1.807, 2.05) is 19.9 Å². The number of carbonyl (C=O) groups is 1. The van der Waals surface area contributed by atoms with Gasteiger partial charge in [-0.2, -0.15) is 13.2 Å². The molecule has 4 nitrogen and oxygen atoms in total. The van der Waals surface area contributed by atoms with Crippen molar-refractivity contribution in [2.75, 3.05) is 32.7 Å². The van der Waals surface area contributed by atoms with E-state index in [9.17, 15) is 18.0 Å². The molecule has 0 spiro atoms. The van der Waals surface area contributed by atoms with Gasteiger partial charge in [-0.1, -0.05) is 15.9 Å². The highest BCUT2D eigenvalue weighted by Crippen LogP contribution is 2.30. The number of amides is 1. The fourth-order valence-electron chi connectivity index (χ4n) is 4.75. The van der Waals surface area contributed by atoms with Gasteiger partial charge in [0.25, 0.3) is 0 Å². The summed E-state index contributed by atoms with van der Waals surface area (Å²) in [7, 11) is 0. The van der Waals surface area contributed by atoms with E-state index in [4.69, 9.17) is 4.74 Å². The average Bonchev–Trinajstić information content (AvgIpc) is 2.74. The number of hydrogen-bond acceptors (Lipinski definition) is 3. The summed E-state index contributed by atoms with van der Waals surface area (Å²) in [4.78, 5) is 14.8. The van der Waals surface area contributed by atoms with Crippen LogP contribution >= 0.6 is 15.9 Å². The van der Waals surface area contributed by atoms with Crippen LogP contribution in [0.15, 0.2) is 22.7 Å². The van der Waals surface area contributed by atoms with Crippen LogP contribution in [0.3, 0.4) is 0 Å².